The lowest BCUT2D eigenvalue weighted by Crippen LogP contribution is -2.01. The van der Waals surface area contributed by atoms with E-state index in [9.17, 15) is 13.2 Å². The molecule has 0 spiro atoms. The maximum Gasteiger partial charge on any atom is 0.446 e. The van der Waals surface area contributed by atoms with Crippen molar-refractivity contribution in [2.45, 2.75) is 23.9 Å². The minimum absolute atomic E-state index is 0.105. The summed E-state index contributed by atoms with van der Waals surface area (Å²) in [5.41, 5.74) is -1.39. The second-order valence-electron chi connectivity index (χ2n) is 4.30. The second kappa shape index (κ2) is 6.17. The lowest BCUT2D eigenvalue weighted by Gasteiger charge is -2.08. The molecule has 0 saturated carbocycles. The van der Waals surface area contributed by atoms with E-state index in [0.717, 1.165) is 16.8 Å². The molecule has 2 aromatic rings. The molecule has 1 heterocycles. The van der Waals surface area contributed by atoms with E-state index in [2.05, 4.69) is 10.3 Å². The van der Waals surface area contributed by atoms with E-state index in [4.69, 9.17) is 0 Å². The molecule has 0 aliphatic rings. The van der Waals surface area contributed by atoms with Crippen LogP contribution in [0.3, 0.4) is 0 Å². The number of hydrogen-bond donors (Lipinski definition) is 1. The molecule has 0 aliphatic carbocycles. The molecule has 106 valence electrons. The zero-order valence-electron chi connectivity index (χ0n) is 10.7. The summed E-state index contributed by atoms with van der Waals surface area (Å²) in [6, 6.07) is 8.28. The highest BCUT2D eigenvalue weighted by Crippen LogP contribution is 2.36. The van der Waals surface area contributed by atoms with Crippen molar-refractivity contribution in [3.05, 3.63) is 53.9 Å². The summed E-state index contributed by atoms with van der Waals surface area (Å²) in [7, 11) is 0. The molecule has 2 rings (SSSR count). The SMILES string of the molecule is Cc1cncc(NCc2ccc(SC(F)(F)F)cc2)c1. The summed E-state index contributed by atoms with van der Waals surface area (Å²) >= 11 is -0.105. The van der Waals surface area contributed by atoms with Crippen molar-refractivity contribution in [2.75, 3.05) is 5.32 Å². The zero-order valence-corrected chi connectivity index (χ0v) is 11.6. The van der Waals surface area contributed by atoms with E-state index in [1.165, 1.54) is 12.1 Å². The van der Waals surface area contributed by atoms with Crippen molar-refractivity contribution in [3.63, 3.8) is 0 Å². The summed E-state index contributed by atoms with van der Waals surface area (Å²) in [6.45, 7) is 2.49. The largest absolute Gasteiger partial charge is 0.446 e. The summed E-state index contributed by atoms with van der Waals surface area (Å²) in [6.07, 6.45) is 3.47. The Morgan fingerprint density at radius 3 is 2.45 bits per heavy atom. The number of benzene rings is 1. The molecule has 0 fully saturated rings. The molecule has 1 aromatic carbocycles. The number of nitrogens with zero attached hydrogens (tertiary/aromatic N) is 1. The molecular formula is C14H13F3N2S. The van der Waals surface area contributed by atoms with Crippen LogP contribution < -0.4 is 5.32 Å². The second-order valence-corrected chi connectivity index (χ2v) is 5.43. The van der Waals surface area contributed by atoms with Gasteiger partial charge in [0.15, 0.2) is 0 Å². The predicted octanol–water partition coefficient (Wildman–Crippen LogP) is 4.61. The van der Waals surface area contributed by atoms with Gasteiger partial charge >= 0.3 is 5.51 Å². The Morgan fingerprint density at radius 2 is 1.85 bits per heavy atom. The van der Waals surface area contributed by atoms with Gasteiger partial charge in [0.2, 0.25) is 0 Å². The first-order valence-corrected chi connectivity index (χ1v) is 6.74. The van der Waals surface area contributed by atoms with Crippen LogP contribution in [-0.2, 0) is 6.54 Å². The standard InChI is InChI=1S/C14H13F3N2S/c1-10-6-12(9-18-7-10)19-8-11-2-4-13(5-3-11)20-14(15,16)17/h2-7,9,19H,8H2,1H3. The minimum Gasteiger partial charge on any atom is -0.380 e. The third kappa shape index (κ3) is 4.77. The fraction of sp³-hybridized carbons (Fsp3) is 0.214. The number of anilines is 1. The average Bonchev–Trinajstić information content (AvgIpc) is 2.36. The molecule has 0 unspecified atom stereocenters. The van der Waals surface area contributed by atoms with Crippen molar-refractivity contribution in [1.82, 2.24) is 4.98 Å². The van der Waals surface area contributed by atoms with E-state index in [0.29, 0.717) is 6.54 Å². The predicted molar refractivity (Wildman–Crippen MR) is 74.7 cm³/mol. The van der Waals surface area contributed by atoms with Crippen molar-refractivity contribution in [2.24, 2.45) is 0 Å². The number of hydrogen-bond acceptors (Lipinski definition) is 3. The quantitative estimate of drug-likeness (QED) is 0.834. The van der Waals surface area contributed by atoms with Crippen LogP contribution in [0.15, 0.2) is 47.6 Å². The van der Waals surface area contributed by atoms with Crippen LogP contribution >= 0.6 is 11.8 Å². The molecule has 0 atom stereocenters. The van der Waals surface area contributed by atoms with Crippen LogP contribution in [0, 0.1) is 6.92 Å². The lowest BCUT2D eigenvalue weighted by molar-refractivity contribution is -0.0328. The van der Waals surface area contributed by atoms with Gasteiger partial charge < -0.3 is 5.32 Å². The number of thioether (sulfide) groups is 1. The number of pyridine rings is 1. The number of nitrogens with one attached hydrogen (secondary N) is 1. The Labute approximate surface area is 119 Å². The van der Waals surface area contributed by atoms with Gasteiger partial charge in [-0.05, 0) is 48.0 Å². The minimum atomic E-state index is -4.24. The summed E-state index contributed by atoms with van der Waals surface area (Å²) < 4.78 is 36.6. The maximum atomic E-state index is 12.2. The van der Waals surface area contributed by atoms with Crippen LogP contribution in [0.2, 0.25) is 0 Å². The van der Waals surface area contributed by atoms with E-state index >= 15 is 0 Å². The van der Waals surface area contributed by atoms with Crippen LogP contribution in [0.25, 0.3) is 0 Å². The number of halogens is 3. The van der Waals surface area contributed by atoms with Gasteiger partial charge in [0.25, 0.3) is 0 Å². The van der Waals surface area contributed by atoms with Gasteiger partial charge in [-0.2, -0.15) is 13.2 Å². The zero-order chi connectivity index (χ0) is 14.6. The van der Waals surface area contributed by atoms with Crippen LogP contribution in [-0.4, -0.2) is 10.5 Å². The third-order valence-electron chi connectivity index (χ3n) is 2.53. The first kappa shape index (κ1) is 14.7. The van der Waals surface area contributed by atoms with Crippen molar-refractivity contribution >= 4 is 17.4 Å². The molecule has 0 aliphatic heterocycles. The fourth-order valence-electron chi connectivity index (χ4n) is 1.66. The van der Waals surface area contributed by atoms with Gasteiger partial charge in [-0.3, -0.25) is 4.98 Å². The molecule has 0 saturated heterocycles. The van der Waals surface area contributed by atoms with Crippen molar-refractivity contribution in [1.29, 1.82) is 0 Å². The van der Waals surface area contributed by atoms with Gasteiger partial charge in [-0.1, -0.05) is 12.1 Å². The van der Waals surface area contributed by atoms with Crippen LogP contribution in [0.1, 0.15) is 11.1 Å². The van der Waals surface area contributed by atoms with E-state index < -0.39 is 5.51 Å². The molecular weight excluding hydrogens is 285 g/mol. The highest BCUT2D eigenvalue weighted by molar-refractivity contribution is 8.00. The normalized spacial score (nSPS) is 11.4. The Morgan fingerprint density at radius 1 is 1.15 bits per heavy atom. The highest BCUT2D eigenvalue weighted by Gasteiger charge is 2.28. The van der Waals surface area contributed by atoms with Crippen LogP contribution in [0.4, 0.5) is 18.9 Å². The van der Waals surface area contributed by atoms with E-state index in [-0.39, 0.29) is 16.7 Å². The van der Waals surface area contributed by atoms with E-state index in [1.54, 1.807) is 24.5 Å². The molecule has 0 radical (unpaired) electrons. The lowest BCUT2D eigenvalue weighted by atomic mass is 10.2. The fourth-order valence-corrected chi connectivity index (χ4v) is 2.20. The molecule has 0 bridgehead atoms. The Hall–Kier alpha value is -1.69. The maximum absolute atomic E-state index is 12.2. The Bertz CT molecular complexity index is 567. The first-order valence-electron chi connectivity index (χ1n) is 5.92. The highest BCUT2D eigenvalue weighted by atomic mass is 32.2. The van der Waals surface area contributed by atoms with Gasteiger partial charge in [0.05, 0.1) is 5.69 Å². The van der Waals surface area contributed by atoms with E-state index in [1.807, 2.05) is 13.0 Å². The van der Waals surface area contributed by atoms with Crippen LogP contribution in [0.5, 0.6) is 0 Å². The average molecular weight is 298 g/mol. The van der Waals surface area contributed by atoms with Gasteiger partial charge in [0, 0.05) is 23.8 Å². The molecule has 1 aromatic heterocycles. The van der Waals surface area contributed by atoms with Gasteiger partial charge in [-0.25, -0.2) is 0 Å². The van der Waals surface area contributed by atoms with Crippen molar-refractivity contribution in [3.8, 4) is 0 Å². The summed E-state index contributed by atoms with van der Waals surface area (Å²) in [5.74, 6) is 0. The van der Waals surface area contributed by atoms with Crippen molar-refractivity contribution < 1.29 is 13.2 Å². The number of alkyl halides is 3. The topological polar surface area (TPSA) is 24.9 Å². The molecule has 6 heteroatoms. The Kier molecular flexibility index (Phi) is 4.54. The first-order chi connectivity index (χ1) is 9.42. The summed E-state index contributed by atoms with van der Waals surface area (Å²) in [5, 5.41) is 3.18. The van der Waals surface area contributed by atoms with Gasteiger partial charge in [-0.15, -0.1) is 0 Å². The van der Waals surface area contributed by atoms with Gasteiger partial charge in [0.1, 0.15) is 0 Å². The molecule has 20 heavy (non-hydrogen) atoms. The summed E-state index contributed by atoms with van der Waals surface area (Å²) in [4.78, 5) is 4.25. The number of aryl methyl sites for hydroxylation is 1. The number of aromatic nitrogens is 1. The molecule has 1 N–H and O–H groups in total. The molecule has 2 nitrogen and oxygen atoms in total. The monoisotopic (exact) mass is 298 g/mol. The number of rotatable bonds is 4. The molecule has 0 amide bonds. The Balaban J connectivity index is 1.94. The third-order valence-corrected chi connectivity index (χ3v) is 3.27. The smallest absolute Gasteiger partial charge is 0.380 e.